The zero-order valence-corrected chi connectivity index (χ0v) is 14.5. The molecule has 0 fully saturated rings. The van der Waals surface area contributed by atoms with Crippen LogP contribution in [0.15, 0.2) is 12.1 Å². The predicted molar refractivity (Wildman–Crippen MR) is 85.3 cm³/mol. The van der Waals surface area contributed by atoms with Crippen molar-refractivity contribution in [2.24, 2.45) is 0 Å². The van der Waals surface area contributed by atoms with Crippen molar-refractivity contribution < 1.29 is 4.74 Å². The molecule has 1 atom stereocenters. The van der Waals surface area contributed by atoms with E-state index in [1.807, 2.05) is 18.2 Å². The van der Waals surface area contributed by atoms with Crippen molar-refractivity contribution in [3.05, 3.63) is 22.8 Å². The number of nitriles is 1. The Morgan fingerprint density at radius 2 is 1.87 bits per heavy atom. The van der Waals surface area contributed by atoms with Gasteiger partial charge in [-0.2, -0.15) is 5.26 Å². The molecule has 0 bridgehead atoms. The van der Waals surface area contributed by atoms with Crippen LogP contribution in [0.25, 0.3) is 0 Å². The van der Waals surface area contributed by atoms with Crippen LogP contribution in [0, 0.1) is 22.0 Å². The molecule has 0 aliphatic heterocycles. The van der Waals surface area contributed by atoms with Gasteiger partial charge in [0.1, 0.15) is 12.4 Å². The van der Waals surface area contributed by atoms with Crippen molar-refractivity contribution in [3.8, 4) is 11.8 Å². The maximum atomic E-state index is 8.53. The van der Waals surface area contributed by atoms with Gasteiger partial charge in [0.05, 0.1) is 13.2 Å². The Labute approximate surface area is 134 Å². The first-order valence-electron chi connectivity index (χ1n) is 3.85. The smallest absolute Gasteiger partial charge is 0.154 e. The largest absolute Gasteiger partial charge is 0.489 e. The highest BCUT2D eigenvalue weighted by Crippen LogP contribution is 2.29. The zero-order chi connectivity index (χ0) is 11.4. The predicted octanol–water partition coefficient (Wildman–Crippen LogP) is 4.01. The summed E-state index contributed by atoms with van der Waals surface area (Å²) in [4.78, 5) is 0. The van der Waals surface area contributed by atoms with Crippen LogP contribution >= 0.6 is 79.4 Å². The van der Waals surface area contributed by atoms with Gasteiger partial charge in [0.15, 0.2) is 5.38 Å². The third-order valence-electron chi connectivity index (χ3n) is 1.48. The van der Waals surface area contributed by atoms with Crippen LogP contribution in [0.4, 0.5) is 0 Å². The van der Waals surface area contributed by atoms with E-state index in [0.29, 0.717) is 0 Å². The van der Waals surface area contributed by atoms with Crippen LogP contribution in [0.5, 0.6) is 5.75 Å². The Bertz CT molecular complexity index is 382. The maximum Gasteiger partial charge on any atom is 0.154 e. The molecule has 1 aromatic rings. The van der Waals surface area contributed by atoms with E-state index in [1.165, 1.54) is 0 Å². The minimum atomic E-state index is -0.601. The molecule has 0 spiro atoms. The average Bonchev–Trinajstić information content (AvgIpc) is 2.15. The first-order valence-corrected chi connectivity index (χ1v) is 7.53. The summed E-state index contributed by atoms with van der Waals surface area (Å²) in [6, 6.07) is 5.96. The standard InChI is InChI=1S/C9H5ClI3NO/c10-5(3-14)4-15-9-7(12)1-6(11)2-8(9)13/h1-2,5H,4H2. The zero-order valence-electron chi connectivity index (χ0n) is 7.31. The van der Waals surface area contributed by atoms with E-state index in [9.17, 15) is 0 Å². The molecular weight excluding hydrogens is 554 g/mol. The third-order valence-corrected chi connectivity index (χ3v) is 3.93. The van der Waals surface area contributed by atoms with Gasteiger partial charge in [-0.25, -0.2) is 0 Å². The molecule has 0 amide bonds. The molecule has 0 saturated heterocycles. The van der Waals surface area contributed by atoms with E-state index in [4.69, 9.17) is 21.6 Å². The Morgan fingerprint density at radius 1 is 1.33 bits per heavy atom. The fourth-order valence-corrected chi connectivity index (χ4v) is 4.82. The van der Waals surface area contributed by atoms with E-state index in [1.54, 1.807) is 0 Å². The summed E-state index contributed by atoms with van der Waals surface area (Å²) < 4.78 is 8.73. The van der Waals surface area contributed by atoms with Gasteiger partial charge >= 0.3 is 0 Å². The molecule has 0 saturated carbocycles. The topological polar surface area (TPSA) is 33.0 Å². The minimum absolute atomic E-state index is 0.213. The first kappa shape index (κ1) is 14.1. The quantitative estimate of drug-likeness (QED) is 0.415. The third kappa shape index (κ3) is 4.40. The summed E-state index contributed by atoms with van der Waals surface area (Å²) in [7, 11) is 0. The number of rotatable bonds is 3. The number of hydrogen-bond acceptors (Lipinski definition) is 2. The van der Waals surface area contributed by atoms with E-state index >= 15 is 0 Å². The molecule has 1 aromatic carbocycles. The van der Waals surface area contributed by atoms with Crippen LogP contribution in [0.1, 0.15) is 0 Å². The normalized spacial score (nSPS) is 11.9. The van der Waals surface area contributed by atoms with E-state index in [2.05, 4.69) is 67.8 Å². The van der Waals surface area contributed by atoms with Crippen LogP contribution in [0.3, 0.4) is 0 Å². The second-order valence-electron chi connectivity index (χ2n) is 2.61. The summed E-state index contributed by atoms with van der Waals surface area (Å²) in [5.74, 6) is 0.803. The van der Waals surface area contributed by atoms with Gasteiger partial charge in [0.25, 0.3) is 0 Å². The van der Waals surface area contributed by atoms with Gasteiger partial charge in [-0.3, -0.25) is 0 Å². The lowest BCUT2D eigenvalue weighted by Gasteiger charge is -2.10. The second kappa shape index (κ2) is 6.66. The van der Waals surface area contributed by atoms with Gasteiger partial charge in [-0.05, 0) is 79.9 Å². The number of hydrogen-bond donors (Lipinski definition) is 0. The number of ether oxygens (including phenoxy) is 1. The van der Waals surface area contributed by atoms with Gasteiger partial charge < -0.3 is 4.74 Å². The molecular formula is C9H5ClI3NO. The molecule has 0 aliphatic rings. The fraction of sp³-hybridized carbons (Fsp3) is 0.222. The lowest BCUT2D eigenvalue weighted by molar-refractivity contribution is 0.324. The van der Waals surface area contributed by atoms with Crippen LogP contribution in [-0.4, -0.2) is 12.0 Å². The molecule has 0 aliphatic carbocycles. The van der Waals surface area contributed by atoms with Crippen molar-refractivity contribution in [1.82, 2.24) is 0 Å². The summed E-state index contributed by atoms with van der Waals surface area (Å²) >= 11 is 12.3. The monoisotopic (exact) mass is 559 g/mol. The molecule has 15 heavy (non-hydrogen) atoms. The van der Waals surface area contributed by atoms with Gasteiger partial charge in [0, 0.05) is 3.57 Å². The van der Waals surface area contributed by atoms with Crippen molar-refractivity contribution in [1.29, 1.82) is 5.26 Å². The Kier molecular flexibility index (Phi) is 6.24. The van der Waals surface area contributed by atoms with E-state index < -0.39 is 5.38 Å². The van der Waals surface area contributed by atoms with Gasteiger partial charge in [-0.1, -0.05) is 0 Å². The molecule has 0 radical (unpaired) electrons. The lowest BCUT2D eigenvalue weighted by Crippen LogP contribution is -2.10. The maximum absolute atomic E-state index is 8.53. The molecule has 6 heteroatoms. The number of nitrogens with zero attached hydrogens (tertiary/aromatic N) is 1. The SMILES string of the molecule is N#CC(Cl)COc1c(I)cc(I)cc1I. The summed E-state index contributed by atoms with van der Waals surface area (Å²) in [5.41, 5.74) is 0. The fourth-order valence-electron chi connectivity index (χ4n) is 0.861. The highest BCUT2D eigenvalue weighted by molar-refractivity contribution is 14.1. The van der Waals surface area contributed by atoms with Crippen molar-refractivity contribution in [3.63, 3.8) is 0 Å². The molecule has 0 aromatic heterocycles. The summed E-state index contributed by atoms with van der Waals surface area (Å²) in [6.45, 7) is 0.213. The van der Waals surface area contributed by atoms with Crippen molar-refractivity contribution >= 4 is 79.4 Å². The number of benzene rings is 1. The van der Waals surface area contributed by atoms with E-state index in [-0.39, 0.29) is 6.61 Å². The average molecular weight is 559 g/mol. The lowest BCUT2D eigenvalue weighted by atomic mass is 10.3. The van der Waals surface area contributed by atoms with Crippen LogP contribution < -0.4 is 4.74 Å². The van der Waals surface area contributed by atoms with E-state index in [0.717, 1.165) is 16.5 Å². The van der Waals surface area contributed by atoms with Crippen LogP contribution in [0.2, 0.25) is 0 Å². The molecule has 2 nitrogen and oxygen atoms in total. The highest BCUT2D eigenvalue weighted by atomic mass is 127. The Balaban J connectivity index is 2.82. The first-order chi connectivity index (χ1) is 7.04. The minimum Gasteiger partial charge on any atom is -0.489 e. The van der Waals surface area contributed by atoms with Crippen LogP contribution in [-0.2, 0) is 0 Å². The van der Waals surface area contributed by atoms with Crippen molar-refractivity contribution in [2.45, 2.75) is 5.38 Å². The number of alkyl halides is 1. The number of halogens is 4. The molecule has 1 rings (SSSR count). The summed E-state index contributed by atoms with van der Waals surface area (Å²) in [6.07, 6.45) is 0. The molecule has 1 unspecified atom stereocenters. The summed E-state index contributed by atoms with van der Waals surface area (Å²) in [5, 5.41) is 7.93. The Morgan fingerprint density at radius 3 is 2.33 bits per heavy atom. The second-order valence-corrected chi connectivity index (χ2v) is 6.70. The molecule has 0 N–H and O–H groups in total. The molecule has 80 valence electrons. The van der Waals surface area contributed by atoms with Gasteiger partial charge in [0.2, 0.25) is 0 Å². The molecule has 0 heterocycles. The highest BCUT2D eigenvalue weighted by Gasteiger charge is 2.10. The van der Waals surface area contributed by atoms with Gasteiger partial charge in [-0.15, -0.1) is 11.6 Å². The van der Waals surface area contributed by atoms with Crippen molar-refractivity contribution in [2.75, 3.05) is 6.61 Å². The Hall–Kier alpha value is 0.990.